The lowest BCUT2D eigenvalue weighted by Gasteiger charge is -2.18. The summed E-state index contributed by atoms with van der Waals surface area (Å²) < 4.78 is 21.7. The molecule has 0 aromatic heterocycles. The summed E-state index contributed by atoms with van der Waals surface area (Å²) >= 11 is 0. The largest absolute Gasteiger partial charge is 0.0828 e. The van der Waals surface area contributed by atoms with Crippen LogP contribution >= 0.6 is 0 Å². The molecular formula is C10H18. The normalized spacial score (nSPS) is 28.9. The summed E-state index contributed by atoms with van der Waals surface area (Å²) in [4.78, 5) is 0. The van der Waals surface area contributed by atoms with Gasteiger partial charge >= 0.3 is 0 Å². The van der Waals surface area contributed by atoms with Crippen LogP contribution in [0.15, 0.2) is 11.6 Å². The summed E-state index contributed by atoms with van der Waals surface area (Å²) in [5.41, 5.74) is 0.569. The lowest BCUT2D eigenvalue weighted by Crippen LogP contribution is -2.02. The summed E-state index contributed by atoms with van der Waals surface area (Å²) in [6.07, 6.45) is 8.15. The van der Waals surface area contributed by atoms with Crippen molar-refractivity contribution in [3.05, 3.63) is 11.6 Å². The van der Waals surface area contributed by atoms with Gasteiger partial charge in [-0.2, -0.15) is 0 Å². The molecule has 1 saturated carbocycles. The molecule has 0 aliphatic heterocycles. The van der Waals surface area contributed by atoms with Crippen LogP contribution in [0.3, 0.4) is 0 Å². The molecule has 0 aromatic carbocycles. The third kappa shape index (κ3) is 2.55. The molecule has 0 aromatic rings. The van der Waals surface area contributed by atoms with Gasteiger partial charge in [0.25, 0.3) is 0 Å². The SMILES string of the molecule is [2H]C([2H])([2H])/C(C)=C/C1CCCCC1. The maximum atomic E-state index is 7.22. The summed E-state index contributed by atoms with van der Waals surface area (Å²) in [7, 11) is 0. The highest BCUT2D eigenvalue weighted by Gasteiger charge is 2.09. The van der Waals surface area contributed by atoms with E-state index in [1.54, 1.807) is 6.92 Å². The molecule has 0 N–H and O–H groups in total. The van der Waals surface area contributed by atoms with Crippen molar-refractivity contribution < 1.29 is 4.11 Å². The van der Waals surface area contributed by atoms with E-state index in [0.717, 1.165) is 0 Å². The van der Waals surface area contributed by atoms with Crippen LogP contribution in [0.2, 0.25) is 0 Å². The monoisotopic (exact) mass is 141 g/mol. The lowest BCUT2D eigenvalue weighted by molar-refractivity contribution is 0.418. The Balaban J connectivity index is 2.53. The quantitative estimate of drug-likeness (QED) is 0.490. The minimum atomic E-state index is -1.88. The average molecular weight is 141 g/mol. The van der Waals surface area contributed by atoms with Crippen LogP contribution in [0.25, 0.3) is 0 Å². The summed E-state index contributed by atoms with van der Waals surface area (Å²) in [6.45, 7) is -0.154. The van der Waals surface area contributed by atoms with Crippen molar-refractivity contribution in [2.75, 3.05) is 0 Å². The highest BCUT2D eigenvalue weighted by atomic mass is 14.1. The molecule has 0 radical (unpaired) electrons. The number of rotatable bonds is 1. The van der Waals surface area contributed by atoms with Gasteiger partial charge in [0.2, 0.25) is 0 Å². The molecule has 58 valence electrons. The van der Waals surface area contributed by atoms with Gasteiger partial charge in [0.05, 0.1) is 0 Å². The van der Waals surface area contributed by atoms with Gasteiger partial charge in [0.1, 0.15) is 0 Å². The Labute approximate surface area is 68.5 Å². The third-order valence-electron chi connectivity index (χ3n) is 2.14. The van der Waals surface area contributed by atoms with Crippen LogP contribution in [-0.2, 0) is 0 Å². The number of hydrogen-bond donors (Lipinski definition) is 0. The molecule has 1 fully saturated rings. The summed E-state index contributed by atoms with van der Waals surface area (Å²) in [5.74, 6) is 0.522. The molecule has 0 saturated heterocycles. The van der Waals surface area contributed by atoms with Gasteiger partial charge in [-0.1, -0.05) is 30.9 Å². The molecule has 0 atom stereocenters. The molecule has 0 nitrogen and oxygen atoms in total. The first-order valence-electron chi connectivity index (χ1n) is 5.69. The van der Waals surface area contributed by atoms with E-state index in [-0.39, 0.29) is 0 Å². The molecule has 0 spiro atoms. The van der Waals surface area contributed by atoms with Crippen molar-refractivity contribution in [2.24, 2.45) is 5.92 Å². The third-order valence-corrected chi connectivity index (χ3v) is 2.14. The molecule has 0 heterocycles. The van der Waals surface area contributed by atoms with E-state index in [9.17, 15) is 0 Å². The fourth-order valence-electron chi connectivity index (χ4n) is 1.65. The van der Waals surface area contributed by atoms with E-state index in [1.165, 1.54) is 32.1 Å². The zero-order valence-corrected chi connectivity index (χ0v) is 6.69. The fraction of sp³-hybridized carbons (Fsp3) is 0.800. The van der Waals surface area contributed by atoms with Crippen LogP contribution in [-0.4, -0.2) is 0 Å². The molecule has 0 amide bonds. The fourth-order valence-corrected chi connectivity index (χ4v) is 1.65. The van der Waals surface area contributed by atoms with Gasteiger partial charge in [-0.25, -0.2) is 0 Å². The Bertz CT molecular complexity index is 185. The molecule has 0 heteroatoms. The van der Waals surface area contributed by atoms with Crippen LogP contribution in [0.5, 0.6) is 0 Å². The first kappa shape index (κ1) is 4.58. The van der Waals surface area contributed by atoms with E-state index >= 15 is 0 Å². The van der Waals surface area contributed by atoms with Crippen molar-refractivity contribution in [3.8, 4) is 0 Å². The van der Waals surface area contributed by atoms with Gasteiger partial charge in [-0.3, -0.25) is 0 Å². The Morgan fingerprint density at radius 3 is 2.70 bits per heavy atom. The maximum absolute atomic E-state index is 7.22. The van der Waals surface area contributed by atoms with Gasteiger partial charge in [0.15, 0.2) is 0 Å². The second-order valence-corrected chi connectivity index (χ2v) is 3.25. The van der Waals surface area contributed by atoms with Gasteiger partial charge in [0, 0.05) is 4.11 Å². The van der Waals surface area contributed by atoms with Gasteiger partial charge < -0.3 is 0 Å². The first-order valence-corrected chi connectivity index (χ1v) is 4.19. The zero-order valence-electron chi connectivity index (χ0n) is 9.69. The highest BCUT2D eigenvalue weighted by molar-refractivity contribution is 4.97. The van der Waals surface area contributed by atoms with Gasteiger partial charge in [-0.15, -0.1) is 0 Å². The van der Waals surface area contributed by atoms with E-state index in [1.807, 2.05) is 6.08 Å². The molecule has 1 aliphatic rings. The predicted molar refractivity (Wildman–Crippen MR) is 46.0 cm³/mol. The van der Waals surface area contributed by atoms with Crippen LogP contribution < -0.4 is 0 Å². The summed E-state index contributed by atoms with van der Waals surface area (Å²) in [6, 6.07) is 0. The van der Waals surface area contributed by atoms with Crippen LogP contribution in [0.4, 0.5) is 0 Å². The molecule has 0 unspecified atom stereocenters. The molecule has 1 rings (SSSR count). The van der Waals surface area contributed by atoms with Crippen molar-refractivity contribution in [2.45, 2.75) is 45.9 Å². The van der Waals surface area contributed by atoms with Crippen LogP contribution in [0, 0.1) is 5.92 Å². The zero-order chi connectivity index (χ0) is 9.90. The Morgan fingerprint density at radius 2 is 2.10 bits per heavy atom. The van der Waals surface area contributed by atoms with Crippen molar-refractivity contribution in [3.63, 3.8) is 0 Å². The minimum Gasteiger partial charge on any atom is -0.0828 e. The average Bonchev–Trinajstić information content (AvgIpc) is 2.04. The Kier molecular flexibility index (Phi) is 1.74. The molecule has 10 heavy (non-hydrogen) atoms. The highest BCUT2D eigenvalue weighted by Crippen LogP contribution is 2.25. The first-order chi connectivity index (χ1) is 6.00. The smallest absolute Gasteiger partial charge is 0.0276 e. The predicted octanol–water partition coefficient (Wildman–Crippen LogP) is 3.53. The van der Waals surface area contributed by atoms with Crippen molar-refractivity contribution >= 4 is 0 Å². The molecule has 1 aliphatic carbocycles. The summed E-state index contributed by atoms with van der Waals surface area (Å²) in [5, 5.41) is 0. The van der Waals surface area contributed by atoms with E-state index in [0.29, 0.717) is 11.5 Å². The standard InChI is InChI=1S/C10H18/c1-9(2)8-10-6-4-3-5-7-10/h8,10H,3-7H2,1-2H3/i1D3/b9-8-. The second kappa shape index (κ2) is 3.80. The van der Waals surface area contributed by atoms with Crippen LogP contribution in [0.1, 0.15) is 50.0 Å². The second-order valence-electron chi connectivity index (χ2n) is 3.25. The Hall–Kier alpha value is -0.260. The molecular weight excluding hydrogens is 120 g/mol. The Morgan fingerprint density at radius 1 is 1.40 bits per heavy atom. The van der Waals surface area contributed by atoms with Crippen molar-refractivity contribution in [1.82, 2.24) is 0 Å². The van der Waals surface area contributed by atoms with Crippen molar-refractivity contribution in [1.29, 1.82) is 0 Å². The topological polar surface area (TPSA) is 0 Å². The number of hydrogen-bond acceptors (Lipinski definition) is 0. The maximum Gasteiger partial charge on any atom is 0.0276 e. The van der Waals surface area contributed by atoms with Gasteiger partial charge in [-0.05, 0) is 32.5 Å². The lowest BCUT2D eigenvalue weighted by atomic mass is 9.88. The van der Waals surface area contributed by atoms with E-state index in [2.05, 4.69) is 0 Å². The minimum absolute atomic E-state index is 0.522. The number of allylic oxidation sites excluding steroid dienone is 2. The molecule has 0 bridgehead atoms. The van der Waals surface area contributed by atoms with E-state index in [4.69, 9.17) is 4.11 Å². The van der Waals surface area contributed by atoms with E-state index < -0.39 is 6.85 Å².